The summed E-state index contributed by atoms with van der Waals surface area (Å²) >= 11 is 1.74. The topological polar surface area (TPSA) is 31.2 Å². The first kappa shape index (κ1) is 14.6. The van der Waals surface area contributed by atoms with Crippen molar-refractivity contribution in [1.82, 2.24) is 4.57 Å². The van der Waals surface area contributed by atoms with Crippen LogP contribution in [0.3, 0.4) is 0 Å². The molecule has 3 nitrogen and oxygen atoms in total. The van der Waals surface area contributed by atoms with E-state index in [2.05, 4.69) is 5.38 Å². The van der Waals surface area contributed by atoms with Crippen LogP contribution in [0.2, 0.25) is 0 Å². The Morgan fingerprint density at radius 1 is 1.29 bits per heavy atom. The molecule has 2 heterocycles. The van der Waals surface area contributed by atoms with Crippen LogP contribution in [0.1, 0.15) is 64.4 Å². The van der Waals surface area contributed by atoms with Crippen LogP contribution >= 0.6 is 11.3 Å². The van der Waals surface area contributed by atoms with E-state index >= 15 is 0 Å². The first-order chi connectivity index (χ1) is 9.96. The molecule has 1 saturated carbocycles. The lowest BCUT2D eigenvalue weighted by Gasteiger charge is -2.21. The summed E-state index contributed by atoms with van der Waals surface area (Å²) in [4.78, 5) is 12.4. The van der Waals surface area contributed by atoms with Crippen LogP contribution in [-0.2, 0) is 4.74 Å². The second kappa shape index (κ2) is 5.48. The van der Waals surface area contributed by atoms with Crippen molar-refractivity contribution in [3.05, 3.63) is 23.2 Å². The summed E-state index contributed by atoms with van der Waals surface area (Å²) < 4.78 is 8.48. The smallest absolute Gasteiger partial charge is 0.419 e. The van der Waals surface area contributed by atoms with Crippen LogP contribution in [-0.4, -0.2) is 16.3 Å². The van der Waals surface area contributed by atoms with Gasteiger partial charge in [0, 0.05) is 6.20 Å². The summed E-state index contributed by atoms with van der Waals surface area (Å²) in [6, 6.07) is 2.02. The minimum atomic E-state index is -0.464. The maximum Gasteiger partial charge on any atom is 0.419 e. The summed E-state index contributed by atoms with van der Waals surface area (Å²) in [5.41, 5.74) is 1.87. The van der Waals surface area contributed by atoms with Gasteiger partial charge in [-0.15, -0.1) is 11.3 Å². The molecule has 0 radical (unpaired) electrons. The first-order valence-electron chi connectivity index (χ1n) is 7.77. The van der Waals surface area contributed by atoms with Crippen molar-refractivity contribution in [2.24, 2.45) is 0 Å². The van der Waals surface area contributed by atoms with E-state index in [-0.39, 0.29) is 6.09 Å². The molecule has 1 aliphatic carbocycles. The summed E-state index contributed by atoms with van der Waals surface area (Å²) in [6.07, 6.45) is 8.18. The summed E-state index contributed by atoms with van der Waals surface area (Å²) in [6.45, 7) is 5.71. The predicted molar refractivity (Wildman–Crippen MR) is 87.3 cm³/mol. The van der Waals surface area contributed by atoms with Crippen LogP contribution < -0.4 is 0 Å². The zero-order valence-electron chi connectivity index (χ0n) is 13.0. The fraction of sp³-hybridized carbons (Fsp3) is 0.588. The van der Waals surface area contributed by atoms with Gasteiger partial charge in [-0.3, -0.25) is 4.57 Å². The number of carbonyl (C=O) groups excluding carboxylic acids is 1. The number of rotatable bonds is 1. The molecule has 0 amide bonds. The van der Waals surface area contributed by atoms with Gasteiger partial charge in [-0.2, -0.15) is 0 Å². The lowest BCUT2D eigenvalue weighted by atomic mass is 9.85. The van der Waals surface area contributed by atoms with Gasteiger partial charge in [-0.1, -0.05) is 19.3 Å². The average Bonchev–Trinajstić information content (AvgIpc) is 2.98. The minimum absolute atomic E-state index is 0.270. The number of aromatic nitrogens is 1. The van der Waals surface area contributed by atoms with Crippen molar-refractivity contribution in [1.29, 1.82) is 0 Å². The van der Waals surface area contributed by atoms with Crippen molar-refractivity contribution >= 4 is 27.6 Å². The third-order valence-corrected chi connectivity index (χ3v) is 5.02. The largest absolute Gasteiger partial charge is 0.443 e. The number of hydrogen-bond acceptors (Lipinski definition) is 3. The molecule has 114 valence electrons. The standard InChI is InChI=1S/C17H23NO2S/c1-17(2,3)20-16(19)18-11-13(12-7-5-4-6-8-12)15-14(18)9-10-21-15/h9-12H,4-8H2,1-3H3. The van der Waals surface area contributed by atoms with Gasteiger partial charge < -0.3 is 4.74 Å². The Morgan fingerprint density at radius 2 is 2.00 bits per heavy atom. The summed E-state index contributed by atoms with van der Waals surface area (Å²) in [5.74, 6) is 0.601. The van der Waals surface area contributed by atoms with Crippen LogP contribution in [0, 0.1) is 0 Å². The van der Waals surface area contributed by atoms with Gasteiger partial charge >= 0.3 is 6.09 Å². The van der Waals surface area contributed by atoms with Crippen molar-refractivity contribution in [2.45, 2.75) is 64.4 Å². The van der Waals surface area contributed by atoms with Gasteiger partial charge in [0.2, 0.25) is 0 Å². The Morgan fingerprint density at radius 3 is 2.67 bits per heavy atom. The predicted octanol–water partition coefficient (Wildman–Crippen LogP) is 5.53. The Hall–Kier alpha value is -1.29. The molecule has 0 unspecified atom stereocenters. The minimum Gasteiger partial charge on any atom is -0.443 e. The second-order valence-electron chi connectivity index (χ2n) is 6.90. The summed E-state index contributed by atoms with van der Waals surface area (Å²) in [7, 11) is 0. The first-order valence-corrected chi connectivity index (χ1v) is 8.65. The molecular weight excluding hydrogens is 282 g/mol. The molecule has 0 N–H and O–H groups in total. The number of nitrogens with zero attached hydrogens (tertiary/aromatic N) is 1. The Bertz CT molecular complexity index is 641. The third-order valence-electron chi connectivity index (χ3n) is 4.07. The van der Waals surface area contributed by atoms with E-state index in [1.165, 1.54) is 42.4 Å². The van der Waals surface area contributed by atoms with E-state index in [1.807, 2.05) is 33.0 Å². The van der Waals surface area contributed by atoms with Gasteiger partial charge in [0.25, 0.3) is 0 Å². The van der Waals surface area contributed by atoms with E-state index in [0.717, 1.165) is 5.52 Å². The highest BCUT2D eigenvalue weighted by Gasteiger charge is 2.25. The maximum absolute atomic E-state index is 12.4. The highest BCUT2D eigenvalue weighted by atomic mass is 32.1. The zero-order valence-corrected chi connectivity index (χ0v) is 13.8. The molecule has 21 heavy (non-hydrogen) atoms. The second-order valence-corrected chi connectivity index (χ2v) is 7.82. The number of carbonyl (C=O) groups is 1. The van der Waals surface area contributed by atoms with Gasteiger partial charge in [-0.05, 0) is 56.5 Å². The van der Waals surface area contributed by atoms with Gasteiger partial charge in [0.05, 0.1) is 10.2 Å². The molecule has 3 rings (SSSR count). The molecule has 1 aliphatic rings. The van der Waals surface area contributed by atoms with Crippen LogP contribution in [0.15, 0.2) is 17.6 Å². The van der Waals surface area contributed by atoms with Gasteiger partial charge in [0.1, 0.15) is 5.60 Å². The maximum atomic E-state index is 12.4. The Labute approximate surface area is 129 Å². The molecule has 2 aromatic rings. The molecule has 2 aromatic heterocycles. The van der Waals surface area contributed by atoms with Crippen molar-refractivity contribution in [3.63, 3.8) is 0 Å². The monoisotopic (exact) mass is 305 g/mol. The van der Waals surface area contributed by atoms with Gasteiger partial charge in [0.15, 0.2) is 0 Å². The van der Waals surface area contributed by atoms with E-state index in [1.54, 1.807) is 15.9 Å². The van der Waals surface area contributed by atoms with E-state index < -0.39 is 5.60 Å². The fourth-order valence-corrected chi connectivity index (χ4v) is 4.12. The van der Waals surface area contributed by atoms with Crippen molar-refractivity contribution in [3.8, 4) is 0 Å². The lowest BCUT2D eigenvalue weighted by molar-refractivity contribution is 0.0544. The number of thiophene rings is 1. The molecule has 0 saturated heterocycles. The van der Waals surface area contributed by atoms with Crippen LogP contribution in [0.4, 0.5) is 4.79 Å². The SMILES string of the molecule is CC(C)(C)OC(=O)n1cc(C2CCCCC2)c2sccc21. The summed E-state index contributed by atoms with van der Waals surface area (Å²) in [5, 5.41) is 2.07. The molecule has 4 heteroatoms. The fourth-order valence-electron chi connectivity index (χ4n) is 3.14. The van der Waals surface area contributed by atoms with Crippen LogP contribution in [0.25, 0.3) is 10.2 Å². The molecule has 0 aliphatic heterocycles. The number of hydrogen-bond donors (Lipinski definition) is 0. The molecule has 0 aromatic carbocycles. The van der Waals surface area contributed by atoms with Gasteiger partial charge in [-0.25, -0.2) is 4.79 Å². The normalized spacial score (nSPS) is 17.3. The quantitative estimate of drug-likeness (QED) is 0.693. The third kappa shape index (κ3) is 3.00. The molecule has 1 fully saturated rings. The van der Waals surface area contributed by atoms with E-state index in [0.29, 0.717) is 5.92 Å². The van der Waals surface area contributed by atoms with Crippen molar-refractivity contribution in [2.75, 3.05) is 0 Å². The molecule has 0 bridgehead atoms. The molecular formula is C17H23NO2S. The van der Waals surface area contributed by atoms with E-state index in [9.17, 15) is 4.79 Å². The van der Waals surface area contributed by atoms with Crippen LogP contribution in [0.5, 0.6) is 0 Å². The number of ether oxygens (including phenoxy) is 1. The highest BCUT2D eigenvalue weighted by Crippen LogP contribution is 2.39. The highest BCUT2D eigenvalue weighted by molar-refractivity contribution is 7.17. The molecule has 0 atom stereocenters. The lowest BCUT2D eigenvalue weighted by Crippen LogP contribution is -2.26. The Balaban J connectivity index is 1.96. The van der Waals surface area contributed by atoms with E-state index in [4.69, 9.17) is 4.74 Å². The average molecular weight is 305 g/mol. The zero-order chi connectivity index (χ0) is 15.0. The molecule has 0 spiro atoms. The number of fused-ring (bicyclic) bond motifs is 1. The van der Waals surface area contributed by atoms with Crippen molar-refractivity contribution < 1.29 is 9.53 Å². The Kier molecular flexibility index (Phi) is 3.82.